The number of aryl methyl sites for hydroxylation is 1. The standard InChI is InChI=1S/C42H66O22/c1-3-4-5-8-18-11-20(57-41-35(55)37(29(49)24(15-45)61-41)63-39-33(53)31(51)27(47)22(13-43)59-39)26(19-9-6-7-17(2)10-19)21(12-18)58-42-36(56)38(30(50)25(16-46)62-42)64-40-34(54)32(52)28(48)23(14-44)60-40/h10-12,19,22-25,27-56H,3-9,13-16H2,1-2H3/t19-,22+,23+,24+,25+,27+,28+,29+,30+,31-,32-,33+,34+,35+,36+,37-,38-,39-,40-,41+,42+/m0/s1. The Balaban J connectivity index is 1.36. The van der Waals surface area contributed by atoms with Gasteiger partial charge < -0.3 is 109 Å². The van der Waals surface area contributed by atoms with Crippen molar-refractivity contribution in [2.45, 2.75) is 188 Å². The maximum atomic E-state index is 11.8. The van der Waals surface area contributed by atoms with Crippen molar-refractivity contribution in [1.29, 1.82) is 0 Å². The van der Waals surface area contributed by atoms with Crippen LogP contribution in [0.2, 0.25) is 0 Å². The third kappa shape index (κ3) is 11.0. The average molecular weight is 923 g/mol. The number of aliphatic hydroxyl groups excluding tert-OH is 14. The van der Waals surface area contributed by atoms with Gasteiger partial charge in [-0.15, -0.1) is 0 Å². The third-order valence-electron chi connectivity index (χ3n) is 12.6. The molecule has 4 saturated heterocycles. The van der Waals surface area contributed by atoms with E-state index in [9.17, 15) is 71.5 Å². The molecule has 0 amide bonds. The van der Waals surface area contributed by atoms with Crippen LogP contribution < -0.4 is 9.47 Å². The Morgan fingerprint density at radius 2 is 0.953 bits per heavy atom. The van der Waals surface area contributed by atoms with Gasteiger partial charge in [0.15, 0.2) is 12.6 Å². The van der Waals surface area contributed by atoms with Gasteiger partial charge in [0.25, 0.3) is 0 Å². The summed E-state index contributed by atoms with van der Waals surface area (Å²) in [6.07, 6.45) is -27.3. The molecular weight excluding hydrogens is 856 g/mol. The van der Waals surface area contributed by atoms with E-state index in [1.54, 1.807) is 12.1 Å². The highest BCUT2D eigenvalue weighted by Gasteiger charge is 2.53. The second-order valence-electron chi connectivity index (χ2n) is 17.2. The second kappa shape index (κ2) is 22.7. The van der Waals surface area contributed by atoms with Gasteiger partial charge >= 0.3 is 0 Å². The van der Waals surface area contributed by atoms with Crippen molar-refractivity contribution in [2.24, 2.45) is 0 Å². The number of unbranched alkanes of at least 4 members (excludes halogenated alkanes) is 2. The lowest BCUT2D eigenvalue weighted by Gasteiger charge is -2.46. The van der Waals surface area contributed by atoms with Crippen LogP contribution in [0.1, 0.15) is 69.4 Å². The van der Waals surface area contributed by atoms with Gasteiger partial charge in [-0.25, -0.2) is 0 Å². The summed E-state index contributed by atoms with van der Waals surface area (Å²) in [6, 6.07) is 3.42. The van der Waals surface area contributed by atoms with E-state index in [0.717, 1.165) is 31.3 Å². The second-order valence-corrected chi connectivity index (χ2v) is 17.2. The Kier molecular flexibility index (Phi) is 18.1. The molecule has 1 aromatic rings. The molecular formula is C42H66O22. The topological polar surface area (TPSA) is 357 Å². The minimum atomic E-state index is -1.90. The van der Waals surface area contributed by atoms with Crippen LogP contribution in [0.3, 0.4) is 0 Å². The van der Waals surface area contributed by atoms with Crippen LogP contribution in [0.5, 0.6) is 11.5 Å². The van der Waals surface area contributed by atoms with Crippen molar-refractivity contribution in [2.75, 3.05) is 26.4 Å². The van der Waals surface area contributed by atoms with Gasteiger partial charge in [0.2, 0.25) is 12.6 Å². The van der Waals surface area contributed by atoms with E-state index in [1.807, 2.05) is 19.9 Å². The Morgan fingerprint density at radius 3 is 1.36 bits per heavy atom. The van der Waals surface area contributed by atoms with E-state index in [0.29, 0.717) is 30.4 Å². The van der Waals surface area contributed by atoms with Crippen molar-refractivity contribution in [3.8, 4) is 11.5 Å². The normalized spacial score (nSPS) is 43.1. The van der Waals surface area contributed by atoms with Gasteiger partial charge in [-0.3, -0.25) is 0 Å². The zero-order chi connectivity index (χ0) is 46.6. The summed E-state index contributed by atoms with van der Waals surface area (Å²) in [5.74, 6) is -0.241. The Bertz CT molecular complexity index is 1550. The van der Waals surface area contributed by atoms with Crippen molar-refractivity contribution < 1.29 is 109 Å². The van der Waals surface area contributed by atoms with Gasteiger partial charge in [-0.1, -0.05) is 31.4 Å². The Morgan fingerprint density at radius 1 is 0.531 bits per heavy atom. The van der Waals surface area contributed by atoms with E-state index >= 15 is 0 Å². The summed E-state index contributed by atoms with van der Waals surface area (Å²) in [6.45, 7) is 0.815. The van der Waals surface area contributed by atoms with Crippen LogP contribution in [0.4, 0.5) is 0 Å². The molecule has 14 N–H and O–H groups in total. The summed E-state index contributed by atoms with van der Waals surface area (Å²) in [4.78, 5) is 0. The fourth-order valence-corrected chi connectivity index (χ4v) is 8.82. The Labute approximate surface area is 369 Å². The number of ether oxygens (including phenoxy) is 8. The van der Waals surface area contributed by atoms with Crippen LogP contribution in [-0.4, -0.2) is 221 Å². The molecule has 4 fully saturated rings. The first-order valence-electron chi connectivity index (χ1n) is 21.9. The first-order chi connectivity index (χ1) is 30.6. The number of benzene rings is 1. The van der Waals surface area contributed by atoms with Crippen molar-refractivity contribution in [3.05, 3.63) is 34.9 Å². The molecule has 5 aliphatic rings. The van der Waals surface area contributed by atoms with Crippen molar-refractivity contribution >= 4 is 0 Å². The van der Waals surface area contributed by atoms with Crippen LogP contribution in [0.25, 0.3) is 0 Å². The molecule has 64 heavy (non-hydrogen) atoms. The zero-order valence-electron chi connectivity index (χ0n) is 35.7. The van der Waals surface area contributed by atoms with Crippen molar-refractivity contribution in [1.82, 2.24) is 0 Å². The molecule has 0 aromatic heterocycles. The lowest BCUT2D eigenvalue weighted by Crippen LogP contribution is -2.65. The molecule has 21 atom stereocenters. The predicted octanol–water partition coefficient (Wildman–Crippen LogP) is -4.36. The van der Waals surface area contributed by atoms with E-state index in [2.05, 4.69) is 0 Å². The van der Waals surface area contributed by atoms with Crippen LogP contribution in [0, 0.1) is 0 Å². The highest BCUT2D eigenvalue weighted by molar-refractivity contribution is 5.52. The minimum absolute atomic E-state index is 0.0989. The lowest BCUT2D eigenvalue weighted by atomic mass is 9.84. The smallest absolute Gasteiger partial charge is 0.229 e. The minimum Gasteiger partial charge on any atom is -0.462 e. The molecule has 1 aromatic carbocycles. The fourth-order valence-electron chi connectivity index (χ4n) is 8.82. The van der Waals surface area contributed by atoms with E-state index in [-0.39, 0.29) is 11.5 Å². The molecule has 0 radical (unpaired) electrons. The maximum Gasteiger partial charge on any atom is 0.229 e. The highest BCUT2D eigenvalue weighted by Crippen LogP contribution is 2.45. The van der Waals surface area contributed by atoms with Gasteiger partial charge in [0, 0.05) is 11.5 Å². The molecule has 4 heterocycles. The monoisotopic (exact) mass is 922 g/mol. The first-order valence-corrected chi connectivity index (χ1v) is 21.9. The molecule has 366 valence electrons. The molecule has 22 heteroatoms. The Hall–Kier alpha value is -2.24. The fraction of sp³-hybridized carbons (Fsp3) is 0.810. The van der Waals surface area contributed by atoms with Crippen LogP contribution >= 0.6 is 0 Å². The van der Waals surface area contributed by atoms with Crippen molar-refractivity contribution in [3.63, 3.8) is 0 Å². The number of hydrogen-bond acceptors (Lipinski definition) is 22. The van der Waals surface area contributed by atoms with Gasteiger partial charge in [-0.05, 0) is 56.7 Å². The molecule has 6 rings (SSSR count). The van der Waals surface area contributed by atoms with E-state index in [4.69, 9.17) is 37.9 Å². The number of rotatable bonds is 17. The molecule has 0 unspecified atom stereocenters. The molecule has 22 nitrogen and oxygen atoms in total. The van der Waals surface area contributed by atoms with Gasteiger partial charge in [0.1, 0.15) is 109 Å². The summed E-state index contributed by atoms with van der Waals surface area (Å²) in [5, 5.41) is 149. The SMILES string of the molecule is CCCCCc1cc(O[C@@H]2O[C@H](CO)[C@@H](O)[C@H](O[C@@H]3O[C@H](CO)[C@@H](O)[C@H](O)[C@H]3O)[C@H]2O)c([C@@H]2C=C(C)CCC2)c(O[C@@H]2O[C@H](CO)[C@@H](O)[C@H](O[C@@H]3O[C@H](CO)[C@@H](O)[C@H](O)[C@H]3O)[C@H]2O)c1. The predicted molar refractivity (Wildman–Crippen MR) is 214 cm³/mol. The first kappa shape index (κ1) is 51.2. The van der Waals surface area contributed by atoms with Crippen LogP contribution in [0.15, 0.2) is 23.8 Å². The summed E-state index contributed by atoms with van der Waals surface area (Å²) in [7, 11) is 0. The number of aliphatic hydroxyl groups is 14. The van der Waals surface area contributed by atoms with Gasteiger partial charge in [0.05, 0.1) is 26.4 Å². The lowest BCUT2D eigenvalue weighted by molar-refractivity contribution is -0.353. The molecule has 0 saturated carbocycles. The quantitative estimate of drug-likeness (QED) is 0.0518. The number of hydrogen-bond donors (Lipinski definition) is 14. The molecule has 0 bridgehead atoms. The number of allylic oxidation sites excluding steroid dienone is 2. The van der Waals surface area contributed by atoms with Crippen LogP contribution in [-0.2, 0) is 34.8 Å². The third-order valence-corrected chi connectivity index (χ3v) is 12.6. The van der Waals surface area contributed by atoms with E-state index < -0.39 is 155 Å². The highest BCUT2D eigenvalue weighted by atomic mass is 16.8. The molecule has 4 aliphatic heterocycles. The molecule has 1 aliphatic carbocycles. The zero-order valence-corrected chi connectivity index (χ0v) is 35.7. The largest absolute Gasteiger partial charge is 0.462 e. The average Bonchev–Trinajstić information content (AvgIpc) is 3.28. The summed E-state index contributed by atoms with van der Waals surface area (Å²) in [5.41, 5.74) is 2.05. The summed E-state index contributed by atoms with van der Waals surface area (Å²) < 4.78 is 47.4. The maximum absolute atomic E-state index is 11.8. The van der Waals surface area contributed by atoms with E-state index in [1.165, 1.54) is 0 Å². The van der Waals surface area contributed by atoms with Gasteiger partial charge in [-0.2, -0.15) is 0 Å². The summed E-state index contributed by atoms with van der Waals surface area (Å²) >= 11 is 0. The molecule has 0 spiro atoms.